The molecule has 0 bridgehead atoms. The highest BCUT2D eigenvalue weighted by molar-refractivity contribution is 5.62. The fourth-order valence-electron chi connectivity index (χ4n) is 2.82. The van der Waals surface area contributed by atoms with Crippen LogP contribution in [0.4, 0.5) is 11.4 Å². The molecule has 0 aliphatic carbocycles. The van der Waals surface area contributed by atoms with E-state index in [1.807, 2.05) is 0 Å². The first kappa shape index (κ1) is 18.5. The fraction of sp³-hybridized carbons (Fsp3) is 0.455. The van der Waals surface area contributed by atoms with Gasteiger partial charge in [0.2, 0.25) is 0 Å². The molecule has 0 radical (unpaired) electrons. The minimum absolute atomic E-state index is 0.176. The zero-order chi connectivity index (χ0) is 18.1. The standard InChI is InChI=1S/C22H32N2/c1-21(2,3)17-9-13-19(14-10-17)24(23(7)8)20-15-11-18(12-16-20)22(4,5)6/h9-16H,1-8H3. The summed E-state index contributed by atoms with van der Waals surface area (Å²) in [7, 11) is 4.16. The predicted molar refractivity (Wildman–Crippen MR) is 106 cm³/mol. The Morgan fingerprint density at radius 1 is 0.542 bits per heavy atom. The van der Waals surface area contributed by atoms with Gasteiger partial charge in [-0.2, -0.15) is 0 Å². The molecule has 0 aromatic heterocycles. The predicted octanol–water partition coefficient (Wildman–Crippen LogP) is 5.90. The van der Waals surface area contributed by atoms with Gasteiger partial charge in [-0.3, -0.25) is 5.01 Å². The van der Waals surface area contributed by atoms with Crippen LogP contribution in [0.5, 0.6) is 0 Å². The van der Waals surface area contributed by atoms with Crippen molar-refractivity contribution in [3.8, 4) is 0 Å². The molecular weight excluding hydrogens is 292 g/mol. The molecule has 2 nitrogen and oxygen atoms in total. The number of nitrogens with zero attached hydrogens (tertiary/aromatic N) is 2. The van der Waals surface area contributed by atoms with Crippen LogP contribution >= 0.6 is 0 Å². The van der Waals surface area contributed by atoms with E-state index in [4.69, 9.17) is 0 Å². The van der Waals surface area contributed by atoms with E-state index in [1.54, 1.807) is 0 Å². The van der Waals surface area contributed by atoms with Gasteiger partial charge in [0, 0.05) is 14.1 Å². The molecule has 2 rings (SSSR count). The van der Waals surface area contributed by atoms with Gasteiger partial charge in [0.05, 0.1) is 11.4 Å². The van der Waals surface area contributed by atoms with Crippen molar-refractivity contribution in [2.75, 3.05) is 19.1 Å². The molecule has 0 saturated heterocycles. The van der Waals surface area contributed by atoms with Crippen LogP contribution in [0.25, 0.3) is 0 Å². The summed E-state index contributed by atoms with van der Waals surface area (Å²) < 4.78 is 0. The molecule has 0 atom stereocenters. The van der Waals surface area contributed by atoms with Crippen LogP contribution in [0.1, 0.15) is 52.7 Å². The summed E-state index contributed by atoms with van der Waals surface area (Å²) in [4.78, 5) is 0. The van der Waals surface area contributed by atoms with Gasteiger partial charge < -0.3 is 0 Å². The Balaban J connectivity index is 2.36. The fourth-order valence-corrected chi connectivity index (χ4v) is 2.82. The quantitative estimate of drug-likeness (QED) is 0.649. The Hall–Kier alpha value is -1.80. The van der Waals surface area contributed by atoms with Gasteiger partial charge in [-0.15, -0.1) is 0 Å². The van der Waals surface area contributed by atoms with E-state index in [0.717, 1.165) is 0 Å². The lowest BCUT2D eigenvalue weighted by atomic mass is 9.87. The first-order valence-corrected chi connectivity index (χ1v) is 8.68. The van der Waals surface area contributed by atoms with Crippen molar-refractivity contribution in [1.82, 2.24) is 5.01 Å². The number of anilines is 2. The van der Waals surface area contributed by atoms with Gasteiger partial charge in [0.15, 0.2) is 0 Å². The summed E-state index contributed by atoms with van der Waals surface area (Å²) in [6.45, 7) is 13.5. The third-order valence-corrected chi connectivity index (χ3v) is 4.36. The van der Waals surface area contributed by atoms with E-state index < -0.39 is 0 Å². The van der Waals surface area contributed by atoms with Crippen LogP contribution < -0.4 is 5.01 Å². The maximum atomic E-state index is 2.25. The zero-order valence-corrected chi connectivity index (χ0v) is 16.5. The molecule has 0 unspecified atom stereocenters. The van der Waals surface area contributed by atoms with Crippen molar-refractivity contribution >= 4 is 11.4 Å². The summed E-state index contributed by atoms with van der Waals surface area (Å²) in [5, 5.41) is 4.36. The summed E-state index contributed by atoms with van der Waals surface area (Å²) in [5.41, 5.74) is 5.42. The third-order valence-electron chi connectivity index (χ3n) is 4.36. The molecule has 130 valence electrons. The summed E-state index contributed by atoms with van der Waals surface area (Å²) in [5.74, 6) is 0. The number of benzene rings is 2. The Labute approximate surface area is 148 Å². The monoisotopic (exact) mass is 324 g/mol. The van der Waals surface area contributed by atoms with Crippen LogP contribution in [0, 0.1) is 0 Å². The van der Waals surface area contributed by atoms with Crippen LogP contribution in [0.15, 0.2) is 48.5 Å². The molecule has 24 heavy (non-hydrogen) atoms. The highest BCUT2D eigenvalue weighted by atomic mass is 15.6. The average molecular weight is 325 g/mol. The van der Waals surface area contributed by atoms with Gasteiger partial charge in [-0.05, 0) is 46.2 Å². The zero-order valence-electron chi connectivity index (χ0n) is 16.5. The topological polar surface area (TPSA) is 6.48 Å². The second-order valence-corrected chi connectivity index (χ2v) is 8.75. The van der Waals surface area contributed by atoms with E-state index in [-0.39, 0.29) is 10.8 Å². The highest BCUT2D eigenvalue weighted by Gasteiger charge is 2.18. The molecule has 0 fully saturated rings. The van der Waals surface area contributed by atoms with E-state index >= 15 is 0 Å². The molecule has 2 heteroatoms. The van der Waals surface area contributed by atoms with Crippen molar-refractivity contribution in [1.29, 1.82) is 0 Å². The lowest BCUT2D eigenvalue weighted by Crippen LogP contribution is -2.32. The molecule has 0 N–H and O–H groups in total. The van der Waals surface area contributed by atoms with Gasteiger partial charge in [0.1, 0.15) is 0 Å². The minimum atomic E-state index is 0.176. The van der Waals surface area contributed by atoms with Gasteiger partial charge in [-0.1, -0.05) is 65.8 Å². The van der Waals surface area contributed by atoms with Crippen LogP contribution in [-0.2, 0) is 10.8 Å². The highest BCUT2D eigenvalue weighted by Crippen LogP contribution is 2.31. The van der Waals surface area contributed by atoms with Crippen molar-refractivity contribution in [3.05, 3.63) is 59.7 Å². The van der Waals surface area contributed by atoms with Crippen molar-refractivity contribution in [2.24, 2.45) is 0 Å². The number of hydrazine groups is 1. The minimum Gasteiger partial charge on any atom is -0.275 e. The number of hydrogen-bond donors (Lipinski definition) is 0. The summed E-state index contributed by atoms with van der Waals surface area (Å²) in [6.07, 6.45) is 0. The van der Waals surface area contributed by atoms with Crippen LogP contribution in [0.3, 0.4) is 0 Å². The Bertz CT molecular complexity index is 596. The third kappa shape index (κ3) is 4.18. The number of hydrogen-bond acceptors (Lipinski definition) is 2. The van der Waals surface area contributed by atoms with E-state index in [0.29, 0.717) is 0 Å². The largest absolute Gasteiger partial charge is 0.275 e. The van der Waals surface area contributed by atoms with Crippen LogP contribution in [0.2, 0.25) is 0 Å². The van der Waals surface area contributed by atoms with Gasteiger partial charge in [0.25, 0.3) is 0 Å². The Kier molecular flexibility index (Phi) is 5.10. The second-order valence-electron chi connectivity index (χ2n) is 8.75. The SMILES string of the molecule is CN(C)N(c1ccc(C(C)(C)C)cc1)c1ccc(C(C)(C)C)cc1. The maximum absolute atomic E-state index is 2.25. The first-order chi connectivity index (χ1) is 11.0. The Morgan fingerprint density at radius 3 is 1.04 bits per heavy atom. The van der Waals surface area contributed by atoms with E-state index in [1.165, 1.54) is 22.5 Å². The molecule has 0 spiro atoms. The molecule has 0 amide bonds. The number of rotatable bonds is 3. The molecule has 0 saturated carbocycles. The average Bonchev–Trinajstić information content (AvgIpc) is 2.46. The van der Waals surface area contributed by atoms with Crippen molar-refractivity contribution < 1.29 is 0 Å². The van der Waals surface area contributed by atoms with Crippen molar-refractivity contribution in [2.45, 2.75) is 52.4 Å². The van der Waals surface area contributed by atoms with Gasteiger partial charge in [-0.25, -0.2) is 5.01 Å². The molecule has 0 aliphatic heterocycles. The smallest absolute Gasteiger partial charge is 0.0580 e. The second kappa shape index (κ2) is 6.60. The lowest BCUT2D eigenvalue weighted by Gasteiger charge is -2.32. The van der Waals surface area contributed by atoms with E-state index in [2.05, 4.69) is 114 Å². The maximum Gasteiger partial charge on any atom is 0.0580 e. The molecule has 0 heterocycles. The molecule has 2 aromatic carbocycles. The van der Waals surface area contributed by atoms with Crippen molar-refractivity contribution in [3.63, 3.8) is 0 Å². The summed E-state index contributed by atoms with van der Waals surface area (Å²) >= 11 is 0. The molecule has 2 aromatic rings. The normalized spacial score (nSPS) is 12.5. The van der Waals surface area contributed by atoms with Gasteiger partial charge >= 0.3 is 0 Å². The molecule has 0 aliphatic rings. The lowest BCUT2D eigenvalue weighted by molar-refractivity contribution is 0.418. The van der Waals surface area contributed by atoms with Crippen LogP contribution in [-0.4, -0.2) is 19.1 Å². The first-order valence-electron chi connectivity index (χ1n) is 8.68. The van der Waals surface area contributed by atoms with E-state index in [9.17, 15) is 0 Å². The summed E-state index contributed by atoms with van der Waals surface area (Å²) in [6, 6.07) is 17.8. The Morgan fingerprint density at radius 2 is 0.833 bits per heavy atom. The molecular formula is C22H32N2.